The molecule has 0 saturated carbocycles. The molecule has 0 spiro atoms. The van der Waals surface area contributed by atoms with Gasteiger partial charge in [0.05, 0.1) is 29.4 Å². The molecule has 8 heteroatoms. The number of nitrogens with zero attached hydrogens (tertiary/aromatic N) is 3. The molecule has 0 atom stereocenters. The van der Waals surface area contributed by atoms with Crippen molar-refractivity contribution >= 4 is 28.6 Å². The van der Waals surface area contributed by atoms with E-state index in [0.717, 1.165) is 0 Å². The largest absolute Gasteiger partial charge is 0.495 e. The maximum atomic E-state index is 13.4. The zero-order valence-corrected chi connectivity index (χ0v) is 17.4. The molecule has 0 unspecified atom stereocenters. The smallest absolute Gasteiger partial charge is 0.270 e. The van der Waals surface area contributed by atoms with Gasteiger partial charge in [0.25, 0.3) is 11.5 Å². The zero-order chi connectivity index (χ0) is 22.7. The van der Waals surface area contributed by atoms with Crippen LogP contribution in [0.1, 0.15) is 15.9 Å². The van der Waals surface area contributed by atoms with Gasteiger partial charge in [0.1, 0.15) is 11.3 Å². The molecule has 0 aliphatic carbocycles. The fourth-order valence-electron chi connectivity index (χ4n) is 3.40. The number of rotatable bonds is 5. The number of pyridine rings is 1. The van der Waals surface area contributed by atoms with Crippen LogP contribution in [0.4, 0.5) is 11.6 Å². The number of carbonyl (C=O) groups excluding carboxylic acids is 1. The van der Waals surface area contributed by atoms with E-state index in [1.165, 1.54) is 17.8 Å². The lowest BCUT2D eigenvalue weighted by Crippen LogP contribution is -2.33. The number of ether oxygens (including phenoxy) is 1. The number of nitrogens with one attached hydrogen (secondary N) is 2. The number of methoxy groups -OCH3 is 1. The van der Waals surface area contributed by atoms with Gasteiger partial charge in [0.2, 0.25) is 5.95 Å². The summed E-state index contributed by atoms with van der Waals surface area (Å²) in [6.45, 7) is 0. The minimum absolute atomic E-state index is 0.139. The number of para-hydroxylation sites is 3. The van der Waals surface area contributed by atoms with E-state index in [0.29, 0.717) is 22.5 Å². The molecular weight excluding hydrogens is 406 g/mol. The summed E-state index contributed by atoms with van der Waals surface area (Å²) < 4.78 is 6.72. The first-order chi connectivity index (χ1) is 15.6. The molecule has 2 aromatic carbocycles. The van der Waals surface area contributed by atoms with Crippen molar-refractivity contribution in [2.45, 2.75) is 0 Å². The van der Waals surface area contributed by atoms with E-state index < -0.39 is 11.5 Å². The molecule has 0 bridgehead atoms. The third kappa shape index (κ3) is 3.52. The number of aromatic nitrogens is 3. The predicted octanol–water partition coefficient (Wildman–Crippen LogP) is 2.87. The second-order valence-corrected chi connectivity index (χ2v) is 6.71. The van der Waals surface area contributed by atoms with Crippen molar-refractivity contribution in [3.63, 3.8) is 0 Å². The summed E-state index contributed by atoms with van der Waals surface area (Å²) in [5.74, 6) is 2.73. The van der Waals surface area contributed by atoms with Gasteiger partial charge in [-0.05, 0) is 24.3 Å². The van der Waals surface area contributed by atoms with Gasteiger partial charge in [-0.1, -0.05) is 36.3 Å². The van der Waals surface area contributed by atoms with Gasteiger partial charge in [0.15, 0.2) is 5.65 Å². The van der Waals surface area contributed by atoms with Crippen molar-refractivity contribution in [2.75, 3.05) is 19.5 Å². The van der Waals surface area contributed by atoms with Gasteiger partial charge in [-0.25, -0.2) is 4.98 Å². The molecule has 32 heavy (non-hydrogen) atoms. The highest BCUT2D eigenvalue weighted by molar-refractivity contribution is 6.01. The molecular formula is C24H19N5O3. The highest BCUT2D eigenvalue weighted by Gasteiger charge is 2.23. The number of anilines is 2. The van der Waals surface area contributed by atoms with Crippen LogP contribution in [0, 0.1) is 12.3 Å². The number of hydrogen-bond acceptors (Lipinski definition) is 6. The lowest BCUT2D eigenvalue weighted by Gasteiger charge is -2.15. The maximum Gasteiger partial charge on any atom is 0.270 e. The molecule has 0 radical (unpaired) electrons. The molecule has 2 heterocycles. The van der Waals surface area contributed by atoms with Crippen molar-refractivity contribution in [3.8, 4) is 23.8 Å². The van der Waals surface area contributed by atoms with Crippen LogP contribution < -0.4 is 20.9 Å². The Bertz CT molecular complexity index is 1420. The van der Waals surface area contributed by atoms with Crippen LogP contribution in [0.3, 0.4) is 0 Å². The quantitative estimate of drug-likeness (QED) is 0.477. The Hall–Kier alpha value is -4.64. The average Bonchev–Trinajstić information content (AvgIpc) is 2.83. The standard InChI is InChI=1S/C24H19N5O3/c1-4-16-17-14-26-24(27-18-12-8-9-13-19(18)32-3)28-21(17)29(15-10-6-5-7-11-15)23(31)20(16)22(30)25-2/h1,5-14H,2-3H3,(H,25,30)(H,26,27,28). The number of fused-ring (bicyclic) bond motifs is 1. The second-order valence-electron chi connectivity index (χ2n) is 6.71. The van der Waals surface area contributed by atoms with Crippen molar-refractivity contribution in [1.82, 2.24) is 19.9 Å². The first-order valence-corrected chi connectivity index (χ1v) is 9.69. The topological polar surface area (TPSA) is 98.1 Å². The van der Waals surface area contributed by atoms with Crippen LogP contribution >= 0.6 is 0 Å². The monoisotopic (exact) mass is 425 g/mol. The first kappa shape index (κ1) is 20.6. The van der Waals surface area contributed by atoms with Gasteiger partial charge in [-0.15, -0.1) is 6.42 Å². The van der Waals surface area contributed by atoms with Gasteiger partial charge < -0.3 is 15.4 Å². The number of hydrogen-bond donors (Lipinski definition) is 2. The van der Waals surface area contributed by atoms with Crippen molar-refractivity contribution in [1.29, 1.82) is 0 Å². The lowest BCUT2D eigenvalue weighted by atomic mass is 10.1. The SMILES string of the molecule is C#Cc1c(C(=O)NC)c(=O)n(-c2ccccc2)c2nc(Nc3ccccc3OC)ncc12. The van der Waals surface area contributed by atoms with E-state index in [-0.39, 0.29) is 22.7 Å². The third-order valence-corrected chi connectivity index (χ3v) is 4.88. The Kier molecular flexibility index (Phi) is 5.55. The molecule has 2 aromatic heterocycles. The summed E-state index contributed by atoms with van der Waals surface area (Å²) in [4.78, 5) is 34.9. The fraction of sp³-hybridized carbons (Fsp3) is 0.0833. The minimum atomic E-state index is -0.578. The Balaban J connectivity index is 2.02. The molecule has 0 aliphatic rings. The molecule has 0 saturated heterocycles. The van der Waals surface area contributed by atoms with E-state index in [4.69, 9.17) is 11.2 Å². The van der Waals surface area contributed by atoms with Crippen LogP contribution in [0.5, 0.6) is 5.75 Å². The Labute approximate surface area is 183 Å². The molecule has 4 aromatic rings. The van der Waals surface area contributed by atoms with Crippen molar-refractivity contribution < 1.29 is 9.53 Å². The summed E-state index contributed by atoms with van der Waals surface area (Å²) in [6, 6.07) is 16.2. The van der Waals surface area contributed by atoms with Crippen molar-refractivity contribution in [3.05, 3.63) is 82.3 Å². The highest BCUT2D eigenvalue weighted by Crippen LogP contribution is 2.27. The Morgan fingerprint density at radius 3 is 2.53 bits per heavy atom. The van der Waals surface area contributed by atoms with Crippen molar-refractivity contribution in [2.24, 2.45) is 0 Å². The van der Waals surface area contributed by atoms with Crippen LogP contribution in [0.2, 0.25) is 0 Å². The van der Waals surface area contributed by atoms with E-state index in [2.05, 4.69) is 26.5 Å². The normalized spacial score (nSPS) is 10.4. The Morgan fingerprint density at radius 1 is 1.12 bits per heavy atom. The fourth-order valence-corrected chi connectivity index (χ4v) is 3.40. The van der Waals surface area contributed by atoms with Crippen LogP contribution in [-0.4, -0.2) is 34.6 Å². The van der Waals surface area contributed by atoms with Gasteiger partial charge in [0, 0.05) is 13.2 Å². The number of terminal acetylenes is 1. The van der Waals surface area contributed by atoms with Crippen LogP contribution in [0.25, 0.3) is 16.7 Å². The zero-order valence-electron chi connectivity index (χ0n) is 17.4. The van der Waals surface area contributed by atoms with Gasteiger partial charge >= 0.3 is 0 Å². The van der Waals surface area contributed by atoms with Crippen LogP contribution in [0.15, 0.2) is 65.6 Å². The van der Waals surface area contributed by atoms with Crippen LogP contribution in [-0.2, 0) is 0 Å². The maximum absolute atomic E-state index is 13.4. The summed E-state index contributed by atoms with van der Waals surface area (Å²) in [6.07, 6.45) is 7.20. The Morgan fingerprint density at radius 2 is 1.84 bits per heavy atom. The van der Waals surface area contributed by atoms with Gasteiger partial charge in [-0.3, -0.25) is 14.2 Å². The third-order valence-electron chi connectivity index (χ3n) is 4.88. The molecule has 1 amide bonds. The summed E-state index contributed by atoms with van der Waals surface area (Å²) in [5.41, 5.74) is 0.896. The number of amides is 1. The lowest BCUT2D eigenvalue weighted by molar-refractivity contribution is 0.0961. The predicted molar refractivity (Wildman–Crippen MR) is 123 cm³/mol. The molecule has 2 N–H and O–H groups in total. The average molecular weight is 425 g/mol. The number of carbonyl (C=O) groups is 1. The second kappa shape index (κ2) is 8.62. The first-order valence-electron chi connectivity index (χ1n) is 9.69. The minimum Gasteiger partial charge on any atom is -0.495 e. The molecule has 158 valence electrons. The van der Waals surface area contributed by atoms with E-state index >= 15 is 0 Å². The molecule has 8 nitrogen and oxygen atoms in total. The summed E-state index contributed by atoms with van der Waals surface area (Å²) >= 11 is 0. The summed E-state index contributed by atoms with van der Waals surface area (Å²) in [5, 5.41) is 5.99. The van der Waals surface area contributed by atoms with E-state index in [1.54, 1.807) is 37.4 Å². The molecule has 4 rings (SSSR count). The van der Waals surface area contributed by atoms with Gasteiger partial charge in [-0.2, -0.15) is 4.98 Å². The van der Waals surface area contributed by atoms with E-state index in [9.17, 15) is 9.59 Å². The molecule has 0 aliphatic heterocycles. The summed E-state index contributed by atoms with van der Waals surface area (Å²) in [7, 11) is 3.00. The molecule has 0 fully saturated rings. The highest BCUT2D eigenvalue weighted by atomic mass is 16.5. The van der Waals surface area contributed by atoms with E-state index in [1.807, 2.05) is 24.3 Å². The number of benzene rings is 2.